The number of hydrogen-bond acceptors (Lipinski definition) is 7. The van der Waals surface area contributed by atoms with E-state index in [4.69, 9.17) is 14.2 Å². The maximum Gasteiger partial charge on any atom is 0.265 e. The number of anilines is 1. The average molecular weight is 435 g/mol. The normalized spacial score (nSPS) is 11.2. The smallest absolute Gasteiger partial charge is 0.265 e. The van der Waals surface area contributed by atoms with Gasteiger partial charge in [0.25, 0.3) is 10.0 Å². The fraction of sp³-hybridized carbons (Fsp3) is 0.250. The molecule has 154 valence electrons. The summed E-state index contributed by atoms with van der Waals surface area (Å²) in [5.41, 5.74) is 1.71. The molecule has 2 aromatic carbocycles. The zero-order chi connectivity index (χ0) is 21.0. The highest BCUT2D eigenvalue weighted by Gasteiger charge is 2.23. The first-order valence-corrected chi connectivity index (χ1v) is 11.2. The molecular weight excluding hydrogens is 412 g/mol. The van der Waals surface area contributed by atoms with E-state index in [-0.39, 0.29) is 10.6 Å². The molecule has 9 heteroatoms. The van der Waals surface area contributed by atoms with Crippen LogP contribution in [-0.4, -0.2) is 34.2 Å². The molecule has 3 rings (SSSR count). The van der Waals surface area contributed by atoms with E-state index in [1.54, 1.807) is 43.3 Å². The molecule has 1 N–H and O–H groups in total. The highest BCUT2D eigenvalue weighted by Crippen LogP contribution is 2.35. The summed E-state index contributed by atoms with van der Waals surface area (Å²) in [6.45, 7) is 4.04. The Bertz CT molecular complexity index is 1110. The van der Waals surface area contributed by atoms with Crippen molar-refractivity contribution in [2.45, 2.75) is 18.7 Å². The van der Waals surface area contributed by atoms with Crippen LogP contribution in [0.1, 0.15) is 11.9 Å². The van der Waals surface area contributed by atoms with Gasteiger partial charge in [0.15, 0.2) is 0 Å². The number of aryl methyl sites for hydroxylation is 1. The third kappa shape index (κ3) is 4.63. The van der Waals surface area contributed by atoms with E-state index in [1.807, 2.05) is 12.3 Å². The molecule has 29 heavy (non-hydrogen) atoms. The number of hydrogen-bond donors (Lipinski definition) is 1. The van der Waals surface area contributed by atoms with Crippen LogP contribution in [0, 0.1) is 6.92 Å². The first-order valence-electron chi connectivity index (χ1n) is 8.82. The Morgan fingerprint density at radius 2 is 1.86 bits per heavy atom. The molecule has 1 aromatic heterocycles. The second-order valence-electron chi connectivity index (χ2n) is 6.02. The van der Waals surface area contributed by atoms with Crippen molar-refractivity contribution in [3.05, 3.63) is 46.8 Å². The molecule has 0 aliphatic carbocycles. The van der Waals surface area contributed by atoms with Crippen LogP contribution in [0.25, 0.3) is 11.3 Å². The Morgan fingerprint density at radius 3 is 2.48 bits per heavy atom. The van der Waals surface area contributed by atoms with Gasteiger partial charge >= 0.3 is 0 Å². The highest BCUT2D eigenvalue weighted by atomic mass is 32.2. The molecule has 0 amide bonds. The zero-order valence-electron chi connectivity index (χ0n) is 16.6. The molecule has 1 heterocycles. The Balaban J connectivity index is 2.05. The van der Waals surface area contributed by atoms with E-state index in [0.717, 1.165) is 5.01 Å². The molecule has 0 spiro atoms. The number of benzene rings is 2. The predicted molar refractivity (Wildman–Crippen MR) is 114 cm³/mol. The minimum atomic E-state index is -3.96. The molecule has 0 saturated carbocycles. The fourth-order valence-corrected chi connectivity index (χ4v) is 4.59. The van der Waals surface area contributed by atoms with E-state index in [9.17, 15) is 8.42 Å². The molecule has 7 nitrogen and oxygen atoms in total. The quantitative estimate of drug-likeness (QED) is 0.568. The first kappa shape index (κ1) is 20.9. The summed E-state index contributed by atoms with van der Waals surface area (Å²) in [7, 11) is -0.974. The molecule has 0 unspecified atom stereocenters. The Labute approximate surface area is 174 Å². The van der Waals surface area contributed by atoms with Gasteiger partial charge in [-0.15, -0.1) is 11.3 Å². The van der Waals surface area contributed by atoms with Crippen LogP contribution in [0.5, 0.6) is 17.2 Å². The lowest BCUT2D eigenvalue weighted by molar-refractivity contribution is 0.331. The summed E-state index contributed by atoms with van der Waals surface area (Å²) < 4.78 is 45.0. The van der Waals surface area contributed by atoms with Gasteiger partial charge in [-0.25, -0.2) is 13.4 Å². The summed E-state index contributed by atoms with van der Waals surface area (Å²) in [6, 6.07) is 9.86. The second kappa shape index (κ2) is 8.71. The van der Waals surface area contributed by atoms with Gasteiger partial charge in [-0.05, 0) is 44.2 Å². The van der Waals surface area contributed by atoms with Gasteiger partial charge in [0.1, 0.15) is 22.1 Å². The van der Waals surface area contributed by atoms with Crippen LogP contribution >= 0.6 is 11.3 Å². The van der Waals surface area contributed by atoms with Crippen molar-refractivity contribution in [1.82, 2.24) is 4.98 Å². The average Bonchev–Trinajstić information content (AvgIpc) is 3.14. The van der Waals surface area contributed by atoms with Gasteiger partial charge in [-0.1, -0.05) is 0 Å². The van der Waals surface area contributed by atoms with Crippen LogP contribution in [-0.2, 0) is 10.0 Å². The summed E-state index contributed by atoms with van der Waals surface area (Å²) in [5, 5.41) is 2.79. The lowest BCUT2D eigenvalue weighted by atomic mass is 10.2. The number of rotatable bonds is 8. The van der Waals surface area contributed by atoms with Gasteiger partial charge < -0.3 is 14.2 Å². The molecule has 0 saturated heterocycles. The number of methoxy groups -OCH3 is 2. The lowest BCUT2D eigenvalue weighted by Crippen LogP contribution is -2.15. The van der Waals surface area contributed by atoms with Crippen molar-refractivity contribution in [3.63, 3.8) is 0 Å². The van der Waals surface area contributed by atoms with E-state index >= 15 is 0 Å². The molecular formula is C20H22N2O5S2. The number of nitrogens with one attached hydrogen (secondary N) is 1. The molecule has 0 aliphatic heterocycles. The van der Waals surface area contributed by atoms with E-state index in [1.165, 1.54) is 25.6 Å². The molecule has 0 fully saturated rings. The third-order valence-electron chi connectivity index (χ3n) is 4.10. The second-order valence-corrected chi connectivity index (χ2v) is 8.73. The monoisotopic (exact) mass is 434 g/mol. The van der Waals surface area contributed by atoms with Crippen molar-refractivity contribution in [3.8, 4) is 28.5 Å². The lowest BCUT2D eigenvalue weighted by Gasteiger charge is -2.16. The summed E-state index contributed by atoms with van der Waals surface area (Å²) in [6.07, 6.45) is 0. The maximum atomic E-state index is 13.2. The number of ether oxygens (including phenoxy) is 3. The molecule has 0 radical (unpaired) electrons. The van der Waals surface area contributed by atoms with Crippen molar-refractivity contribution < 1.29 is 22.6 Å². The van der Waals surface area contributed by atoms with E-state index in [0.29, 0.717) is 35.1 Å². The largest absolute Gasteiger partial charge is 0.497 e. The summed E-state index contributed by atoms with van der Waals surface area (Å²) in [4.78, 5) is 4.47. The summed E-state index contributed by atoms with van der Waals surface area (Å²) in [5.74, 6) is 1.17. The van der Waals surface area contributed by atoms with Crippen LogP contribution in [0.3, 0.4) is 0 Å². The van der Waals surface area contributed by atoms with Crippen molar-refractivity contribution in [1.29, 1.82) is 0 Å². The van der Waals surface area contributed by atoms with Crippen molar-refractivity contribution in [2.24, 2.45) is 0 Å². The van der Waals surface area contributed by atoms with Crippen LogP contribution in [0.4, 0.5) is 5.69 Å². The highest BCUT2D eigenvalue weighted by molar-refractivity contribution is 7.92. The number of nitrogens with zero attached hydrogens (tertiary/aromatic N) is 1. The molecule has 0 bridgehead atoms. The fourth-order valence-electron chi connectivity index (χ4n) is 2.73. The molecule has 0 aliphatic rings. The topological polar surface area (TPSA) is 86.8 Å². The Morgan fingerprint density at radius 1 is 1.07 bits per heavy atom. The van der Waals surface area contributed by atoms with Crippen molar-refractivity contribution in [2.75, 3.05) is 25.5 Å². The predicted octanol–water partition coefficient (Wildman–Crippen LogP) is 4.34. The maximum absolute atomic E-state index is 13.2. The number of sulfonamides is 1. The van der Waals surface area contributed by atoms with Gasteiger partial charge in [0.05, 0.1) is 37.2 Å². The number of thiazole rings is 1. The molecule has 3 aromatic rings. The number of aromatic nitrogens is 1. The van der Waals surface area contributed by atoms with Crippen LogP contribution in [0.15, 0.2) is 46.7 Å². The van der Waals surface area contributed by atoms with Crippen LogP contribution in [0.2, 0.25) is 0 Å². The minimum absolute atomic E-state index is 0.0281. The van der Waals surface area contributed by atoms with Crippen molar-refractivity contribution >= 4 is 27.0 Å². The van der Waals surface area contributed by atoms with Crippen LogP contribution < -0.4 is 18.9 Å². The Kier molecular flexibility index (Phi) is 6.29. The van der Waals surface area contributed by atoms with Gasteiger partial charge in [-0.2, -0.15) is 0 Å². The van der Waals surface area contributed by atoms with Gasteiger partial charge in [0.2, 0.25) is 0 Å². The summed E-state index contributed by atoms with van der Waals surface area (Å²) >= 11 is 1.50. The minimum Gasteiger partial charge on any atom is -0.497 e. The van der Waals surface area contributed by atoms with E-state index < -0.39 is 10.0 Å². The zero-order valence-corrected chi connectivity index (χ0v) is 18.2. The third-order valence-corrected chi connectivity index (χ3v) is 6.26. The molecule has 0 atom stereocenters. The van der Waals surface area contributed by atoms with Gasteiger partial charge in [-0.3, -0.25) is 4.72 Å². The van der Waals surface area contributed by atoms with Gasteiger partial charge in [0, 0.05) is 17.0 Å². The van der Waals surface area contributed by atoms with E-state index in [2.05, 4.69) is 9.71 Å². The SMILES string of the molecule is CCOc1ccc(-c2csc(C)n2)cc1S(=O)(=O)Nc1ccc(OC)cc1OC. The standard InChI is InChI=1S/C20H22N2O5S2/c1-5-27-18-9-6-14(17-12-28-13(2)21-17)10-20(18)29(23,24)22-16-8-7-15(25-3)11-19(16)26-4/h6-12,22H,5H2,1-4H3. The Hall–Kier alpha value is -2.78. The first-order chi connectivity index (χ1) is 13.9.